The molecule has 0 aliphatic rings. The second kappa shape index (κ2) is 6.25. The van der Waals surface area contributed by atoms with Gasteiger partial charge in [-0.2, -0.15) is 0 Å². The van der Waals surface area contributed by atoms with Crippen LogP contribution in [0.4, 0.5) is 0 Å². The van der Waals surface area contributed by atoms with Crippen LogP contribution in [0.5, 0.6) is 11.5 Å². The van der Waals surface area contributed by atoms with Crippen molar-refractivity contribution in [2.75, 3.05) is 14.2 Å². The van der Waals surface area contributed by atoms with Crippen molar-refractivity contribution in [1.29, 1.82) is 0 Å². The molecule has 100 valence electrons. The fraction of sp³-hybridized carbons (Fsp3) is 0.200. The van der Waals surface area contributed by atoms with Gasteiger partial charge in [-0.1, -0.05) is 36.4 Å². The van der Waals surface area contributed by atoms with Gasteiger partial charge in [0.25, 0.3) is 0 Å². The first-order chi connectivity index (χ1) is 9.19. The first-order valence-electron chi connectivity index (χ1n) is 5.82. The van der Waals surface area contributed by atoms with Crippen molar-refractivity contribution in [2.24, 2.45) is 0 Å². The van der Waals surface area contributed by atoms with Gasteiger partial charge >= 0.3 is 0 Å². The zero-order valence-electron chi connectivity index (χ0n) is 10.8. The Morgan fingerprint density at radius 2 is 1.68 bits per heavy atom. The molecule has 0 bridgehead atoms. The van der Waals surface area contributed by atoms with Crippen molar-refractivity contribution in [3.8, 4) is 11.5 Å². The number of ether oxygens (including phenoxy) is 2. The van der Waals surface area contributed by atoms with Gasteiger partial charge in [0.15, 0.2) is 11.5 Å². The first-order valence-corrected chi connectivity index (χ1v) is 6.90. The number of aliphatic hydroxyl groups excluding tert-OH is 1. The van der Waals surface area contributed by atoms with Crippen LogP contribution in [0.15, 0.2) is 42.5 Å². The largest absolute Gasteiger partial charge is 0.493 e. The average Bonchev–Trinajstić information content (AvgIpc) is 2.47. The Morgan fingerprint density at radius 1 is 1.00 bits per heavy atom. The fourth-order valence-electron chi connectivity index (χ4n) is 1.93. The van der Waals surface area contributed by atoms with Crippen LogP contribution >= 0.6 is 22.6 Å². The van der Waals surface area contributed by atoms with Crippen LogP contribution in [0, 0.1) is 3.57 Å². The number of methoxy groups -OCH3 is 2. The molecule has 1 unspecified atom stereocenters. The van der Waals surface area contributed by atoms with Gasteiger partial charge in [-0.15, -0.1) is 0 Å². The van der Waals surface area contributed by atoms with Crippen molar-refractivity contribution >= 4 is 22.6 Å². The number of aliphatic hydroxyl groups is 1. The number of benzene rings is 2. The van der Waals surface area contributed by atoms with E-state index in [2.05, 4.69) is 22.6 Å². The van der Waals surface area contributed by atoms with Crippen LogP contribution in [0.25, 0.3) is 0 Å². The zero-order chi connectivity index (χ0) is 13.8. The quantitative estimate of drug-likeness (QED) is 0.839. The Hall–Kier alpha value is -1.27. The topological polar surface area (TPSA) is 38.7 Å². The SMILES string of the molecule is COc1ccc(C(O)c2ccccc2)c(I)c1OC. The lowest BCUT2D eigenvalue weighted by atomic mass is 10.0. The predicted octanol–water partition coefficient (Wildman–Crippen LogP) is 3.39. The summed E-state index contributed by atoms with van der Waals surface area (Å²) in [4.78, 5) is 0. The van der Waals surface area contributed by atoms with Crippen molar-refractivity contribution in [3.05, 3.63) is 57.2 Å². The molecule has 19 heavy (non-hydrogen) atoms. The third kappa shape index (κ3) is 2.84. The minimum absolute atomic E-state index is 0.649. The average molecular weight is 370 g/mol. The number of halogens is 1. The van der Waals surface area contributed by atoms with Crippen LogP contribution in [0.1, 0.15) is 17.2 Å². The summed E-state index contributed by atoms with van der Waals surface area (Å²) in [6, 6.07) is 13.2. The molecule has 0 saturated heterocycles. The molecular weight excluding hydrogens is 355 g/mol. The Labute approximate surface area is 126 Å². The summed E-state index contributed by atoms with van der Waals surface area (Å²) in [6.07, 6.45) is -0.673. The van der Waals surface area contributed by atoms with Crippen molar-refractivity contribution in [1.82, 2.24) is 0 Å². The number of rotatable bonds is 4. The molecule has 0 aliphatic heterocycles. The maximum atomic E-state index is 10.5. The van der Waals surface area contributed by atoms with E-state index < -0.39 is 6.10 Å². The maximum Gasteiger partial charge on any atom is 0.174 e. The standard InChI is InChI=1S/C15H15IO3/c1-18-12-9-8-11(13(16)15(12)19-2)14(17)10-6-4-3-5-7-10/h3-9,14,17H,1-2H3. The number of hydrogen-bond donors (Lipinski definition) is 1. The molecule has 0 spiro atoms. The van der Waals surface area contributed by atoms with Gasteiger partial charge in [-0.25, -0.2) is 0 Å². The van der Waals surface area contributed by atoms with E-state index in [4.69, 9.17) is 9.47 Å². The molecular formula is C15H15IO3. The lowest BCUT2D eigenvalue weighted by molar-refractivity contribution is 0.218. The summed E-state index contributed by atoms with van der Waals surface area (Å²) < 4.78 is 11.5. The minimum atomic E-state index is -0.673. The molecule has 0 saturated carbocycles. The van der Waals surface area contributed by atoms with E-state index in [9.17, 15) is 5.11 Å². The molecule has 2 aromatic rings. The van der Waals surface area contributed by atoms with E-state index in [1.807, 2.05) is 42.5 Å². The number of hydrogen-bond acceptors (Lipinski definition) is 3. The van der Waals surface area contributed by atoms with Gasteiger partial charge in [0, 0.05) is 5.56 Å². The van der Waals surface area contributed by atoms with Crippen LogP contribution < -0.4 is 9.47 Å². The lowest BCUT2D eigenvalue weighted by Gasteiger charge is -2.17. The summed E-state index contributed by atoms with van der Waals surface area (Å²) >= 11 is 2.17. The molecule has 0 heterocycles. The van der Waals surface area contributed by atoms with E-state index in [-0.39, 0.29) is 0 Å². The van der Waals surface area contributed by atoms with E-state index in [0.717, 1.165) is 14.7 Å². The van der Waals surface area contributed by atoms with E-state index in [1.54, 1.807) is 14.2 Å². The Kier molecular flexibility index (Phi) is 4.66. The molecule has 1 atom stereocenters. The highest BCUT2D eigenvalue weighted by atomic mass is 127. The maximum absolute atomic E-state index is 10.5. The van der Waals surface area contributed by atoms with Crippen LogP contribution in [0.2, 0.25) is 0 Å². The van der Waals surface area contributed by atoms with Crippen molar-refractivity contribution < 1.29 is 14.6 Å². The molecule has 0 amide bonds. The van der Waals surface area contributed by atoms with Gasteiger partial charge < -0.3 is 14.6 Å². The summed E-state index contributed by atoms with van der Waals surface area (Å²) in [5.74, 6) is 1.31. The van der Waals surface area contributed by atoms with E-state index >= 15 is 0 Å². The smallest absolute Gasteiger partial charge is 0.174 e. The van der Waals surface area contributed by atoms with Gasteiger partial charge in [-0.3, -0.25) is 0 Å². The summed E-state index contributed by atoms with van der Waals surface area (Å²) in [7, 11) is 3.19. The van der Waals surface area contributed by atoms with Crippen LogP contribution in [-0.2, 0) is 0 Å². The zero-order valence-corrected chi connectivity index (χ0v) is 12.9. The normalized spacial score (nSPS) is 12.0. The third-order valence-electron chi connectivity index (χ3n) is 2.92. The molecule has 4 heteroatoms. The predicted molar refractivity (Wildman–Crippen MR) is 82.8 cm³/mol. The van der Waals surface area contributed by atoms with Gasteiger partial charge in [0.05, 0.1) is 17.8 Å². The van der Waals surface area contributed by atoms with Gasteiger partial charge in [-0.05, 0) is 34.2 Å². The molecule has 0 fully saturated rings. The van der Waals surface area contributed by atoms with Crippen molar-refractivity contribution in [2.45, 2.75) is 6.10 Å². The molecule has 2 rings (SSSR count). The summed E-state index contributed by atoms with van der Waals surface area (Å²) in [5.41, 5.74) is 1.66. The molecule has 1 N–H and O–H groups in total. The van der Waals surface area contributed by atoms with Gasteiger partial charge in [0.1, 0.15) is 6.10 Å². The second-order valence-electron chi connectivity index (χ2n) is 4.02. The third-order valence-corrected chi connectivity index (χ3v) is 4.04. The van der Waals surface area contributed by atoms with Crippen LogP contribution in [0.3, 0.4) is 0 Å². The Morgan fingerprint density at radius 3 is 2.26 bits per heavy atom. The highest BCUT2D eigenvalue weighted by Crippen LogP contribution is 2.38. The fourth-order valence-corrected chi connectivity index (χ4v) is 2.89. The van der Waals surface area contributed by atoms with E-state index in [1.165, 1.54) is 0 Å². The van der Waals surface area contributed by atoms with Crippen LogP contribution in [-0.4, -0.2) is 19.3 Å². The minimum Gasteiger partial charge on any atom is -0.493 e. The first kappa shape index (κ1) is 14.1. The Bertz CT molecular complexity index is 555. The molecule has 0 aliphatic carbocycles. The monoisotopic (exact) mass is 370 g/mol. The van der Waals surface area contributed by atoms with E-state index in [0.29, 0.717) is 11.5 Å². The summed E-state index contributed by atoms with van der Waals surface area (Å²) in [6.45, 7) is 0. The van der Waals surface area contributed by atoms with Gasteiger partial charge in [0.2, 0.25) is 0 Å². The summed E-state index contributed by atoms with van der Waals surface area (Å²) in [5, 5.41) is 10.5. The molecule has 0 aromatic heterocycles. The second-order valence-corrected chi connectivity index (χ2v) is 5.10. The Balaban J connectivity index is 2.46. The highest BCUT2D eigenvalue weighted by Gasteiger charge is 2.19. The molecule has 2 aromatic carbocycles. The highest BCUT2D eigenvalue weighted by molar-refractivity contribution is 14.1. The lowest BCUT2D eigenvalue weighted by Crippen LogP contribution is -2.04. The van der Waals surface area contributed by atoms with Crippen molar-refractivity contribution in [3.63, 3.8) is 0 Å². The molecule has 3 nitrogen and oxygen atoms in total. The molecule has 0 radical (unpaired) electrons.